The van der Waals surface area contributed by atoms with E-state index in [9.17, 15) is 9.90 Å². The summed E-state index contributed by atoms with van der Waals surface area (Å²) >= 11 is 0. The zero-order valence-electron chi connectivity index (χ0n) is 10.1. The van der Waals surface area contributed by atoms with E-state index in [4.69, 9.17) is 4.74 Å². The maximum Gasteiger partial charge on any atom is 0.252 e. The minimum atomic E-state index is -0.377. The standard InChI is InChI=1S/C12H21NO3/c1-12(2)6-5-9(14)8-13(12)11(15)10-4-3-7-16-10/h9-10,14H,3-8H2,1-2H3. The van der Waals surface area contributed by atoms with Crippen LogP contribution >= 0.6 is 0 Å². The normalized spacial score (nSPS) is 34.1. The topological polar surface area (TPSA) is 49.8 Å². The molecule has 4 nitrogen and oxygen atoms in total. The van der Waals surface area contributed by atoms with Gasteiger partial charge >= 0.3 is 0 Å². The average molecular weight is 227 g/mol. The Morgan fingerprint density at radius 1 is 1.44 bits per heavy atom. The molecule has 2 fully saturated rings. The second-order valence-electron chi connectivity index (χ2n) is 5.46. The first-order valence-corrected chi connectivity index (χ1v) is 6.12. The summed E-state index contributed by atoms with van der Waals surface area (Å²) in [4.78, 5) is 14.1. The lowest BCUT2D eigenvalue weighted by molar-refractivity contribution is -0.152. The van der Waals surface area contributed by atoms with Gasteiger partial charge in [0.25, 0.3) is 5.91 Å². The summed E-state index contributed by atoms with van der Waals surface area (Å²) < 4.78 is 5.42. The summed E-state index contributed by atoms with van der Waals surface area (Å²) in [6, 6.07) is 0. The van der Waals surface area contributed by atoms with Crippen molar-refractivity contribution >= 4 is 5.91 Å². The molecular formula is C12H21NO3. The molecule has 0 saturated carbocycles. The number of β-amino-alcohol motifs (C(OH)–C–C–N with tert-alkyl or cyclic N) is 1. The predicted octanol–water partition coefficient (Wildman–Crippen LogP) is 0.927. The van der Waals surface area contributed by atoms with Gasteiger partial charge in [-0.15, -0.1) is 0 Å². The second kappa shape index (κ2) is 4.34. The quantitative estimate of drug-likeness (QED) is 0.725. The van der Waals surface area contributed by atoms with Crippen molar-refractivity contribution in [1.29, 1.82) is 0 Å². The monoisotopic (exact) mass is 227 g/mol. The Morgan fingerprint density at radius 3 is 2.81 bits per heavy atom. The Bertz CT molecular complexity index is 271. The van der Waals surface area contributed by atoms with E-state index in [0.717, 1.165) is 25.7 Å². The number of aliphatic hydroxyl groups is 1. The van der Waals surface area contributed by atoms with Gasteiger partial charge in [-0.2, -0.15) is 0 Å². The van der Waals surface area contributed by atoms with E-state index in [1.54, 1.807) is 4.90 Å². The third-order valence-corrected chi connectivity index (χ3v) is 3.68. The molecule has 0 aliphatic carbocycles. The Hall–Kier alpha value is -0.610. The second-order valence-corrected chi connectivity index (χ2v) is 5.46. The Kier molecular flexibility index (Phi) is 3.22. The third kappa shape index (κ3) is 2.23. The molecule has 2 aliphatic heterocycles. The molecule has 2 aliphatic rings. The summed E-state index contributed by atoms with van der Waals surface area (Å²) in [5.74, 6) is 0.0567. The molecule has 0 bridgehead atoms. The molecule has 0 aromatic carbocycles. The highest BCUT2D eigenvalue weighted by Gasteiger charge is 2.40. The number of amides is 1. The maximum absolute atomic E-state index is 12.3. The maximum atomic E-state index is 12.3. The molecule has 1 amide bonds. The van der Waals surface area contributed by atoms with Gasteiger partial charge in [0.15, 0.2) is 0 Å². The molecule has 4 heteroatoms. The minimum Gasteiger partial charge on any atom is -0.391 e. The molecule has 2 heterocycles. The van der Waals surface area contributed by atoms with Gasteiger partial charge in [0, 0.05) is 18.7 Å². The number of likely N-dealkylation sites (tertiary alicyclic amines) is 1. The molecule has 0 aromatic rings. The smallest absolute Gasteiger partial charge is 0.252 e. The Morgan fingerprint density at radius 2 is 2.19 bits per heavy atom. The number of hydrogen-bond donors (Lipinski definition) is 1. The van der Waals surface area contributed by atoms with Crippen molar-refractivity contribution in [1.82, 2.24) is 4.90 Å². The zero-order valence-corrected chi connectivity index (χ0v) is 10.1. The van der Waals surface area contributed by atoms with Crippen molar-refractivity contribution in [3.05, 3.63) is 0 Å². The van der Waals surface area contributed by atoms with Crippen LogP contribution in [0.15, 0.2) is 0 Å². The molecular weight excluding hydrogens is 206 g/mol. The van der Waals surface area contributed by atoms with Crippen LogP contribution in [0.5, 0.6) is 0 Å². The number of aliphatic hydroxyl groups excluding tert-OH is 1. The van der Waals surface area contributed by atoms with E-state index in [2.05, 4.69) is 13.8 Å². The molecule has 2 atom stereocenters. The van der Waals surface area contributed by atoms with Crippen LogP contribution in [-0.4, -0.2) is 46.8 Å². The SMILES string of the molecule is CC1(C)CCC(O)CN1C(=O)C1CCCO1. The first-order valence-electron chi connectivity index (χ1n) is 6.12. The van der Waals surface area contributed by atoms with E-state index < -0.39 is 0 Å². The van der Waals surface area contributed by atoms with Crippen molar-refractivity contribution in [2.24, 2.45) is 0 Å². The summed E-state index contributed by atoms with van der Waals surface area (Å²) in [6.07, 6.45) is 2.77. The number of piperidine rings is 1. The van der Waals surface area contributed by atoms with Gasteiger partial charge < -0.3 is 14.7 Å². The van der Waals surface area contributed by atoms with Crippen molar-refractivity contribution in [3.8, 4) is 0 Å². The predicted molar refractivity (Wildman–Crippen MR) is 60.0 cm³/mol. The summed E-state index contributed by atoms with van der Waals surface area (Å²) in [7, 11) is 0. The van der Waals surface area contributed by atoms with Gasteiger partial charge in [0.05, 0.1) is 6.10 Å². The fourth-order valence-corrected chi connectivity index (χ4v) is 2.54. The number of ether oxygens (including phenoxy) is 1. The van der Waals surface area contributed by atoms with Gasteiger partial charge in [0.2, 0.25) is 0 Å². The van der Waals surface area contributed by atoms with E-state index in [0.29, 0.717) is 13.2 Å². The molecule has 2 rings (SSSR count). The van der Waals surface area contributed by atoms with E-state index >= 15 is 0 Å². The van der Waals surface area contributed by atoms with Gasteiger partial charge in [-0.05, 0) is 39.5 Å². The Labute approximate surface area is 96.6 Å². The van der Waals surface area contributed by atoms with Crippen LogP contribution in [0.1, 0.15) is 39.5 Å². The highest BCUT2D eigenvalue weighted by Crippen LogP contribution is 2.29. The molecule has 92 valence electrons. The lowest BCUT2D eigenvalue weighted by Gasteiger charge is -2.45. The van der Waals surface area contributed by atoms with Crippen LogP contribution in [0.2, 0.25) is 0 Å². The van der Waals surface area contributed by atoms with Crippen molar-refractivity contribution in [2.45, 2.75) is 57.3 Å². The van der Waals surface area contributed by atoms with Crippen LogP contribution in [0.3, 0.4) is 0 Å². The summed E-state index contributed by atoms with van der Waals surface area (Å²) in [6.45, 7) is 5.26. The van der Waals surface area contributed by atoms with Crippen molar-refractivity contribution in [3.63, 3.8) is 0 Å². The van der Waals surface area contributed by atoms with Gasteiger partial charge in [-0.3, -0.25) is 4.79 Å². The number of hydrogen-bond acceptors (Lipinski definition) is 3. The number of nitrogens with zero attached hydrogens (tertiary/aromatic N) is 1. The zero-order chi connectivity index (χ0) is 11.8. The minimum absolute atomic E-state index is 0.0567. The van der Waals surface area contributed by atoms with Gasteiger partial charge in [-0.25, -0.2) is 0 Å². The van der Waals surface area contributed by atoms with Gasteiger partial charge in [0.1, 0.15) is 6.10 Å². The first kappa shape index (κ1) is 11.9. The first-order chi connectivity index (χ1) is 7.50. The summed E-state index contributed by atoms with van der Waals surface area (Å²) in [5, 5.41) is 9.67. The molecule has 2 unspecified atom stereocenters. The fraction of sp³-hybridized carbons (Fsp3) is 0.917. The number of rotatable bonds is 1. The largest absolute Gasteiger partial charge is 0.391 e. The van der Waals surface area contributed by atoms with Gasteiger partial charge in [-0.1, -0.05) is 0 Å². The lowest BCUT2D eigenvalue weighted by atomic mass is 9.88. The van der Waals surface area contributed by atoms with E-state index in [1.165, 1.54) is 0 Å². The van der Waals surface area contributed by atoms with Crippen LogP contribution in [0.4, 0.5) is 0 Å². The molecule has 2 saturated heterocycles. The summed E-state index contributed by atoms with van der Waals surface area (Å²) in [5.41, 5.74) is -0.151. The highest BCUT2D eigenvalue weighted by atomic mass is 16.5. The van der Waals surface area contributed by atoms with Crippen molar-refractivity contribution < 1.29 is 14.6 Å². The highest BCUT2D eigenvalue weighted by molar-refractivity contribution is 5.82. The number of carbonyl (C=O) groups is 1. The van der Waals surface area contributed by atoms with E-state index in [-0.39, 0.29) is 23.7 Å². The molecule has 16 heavy (non-hydrogen) atoms. The van der Waals surface area contributed by atoms with Crippen LogP contribution in [0, 0.1) is 0 Å². The van der Waals surface area contributed by atoms with Crippen LogP contribution in [-0.2, 0) is 9.53 Å². The van der Waals surface area contributed by atoms with E-state index in [1.807, 2.05) is 0 Å². The fourth-order valence-electron chi connectivity index (χ4n) is 2.54. The molecule has 0 aromatic heterocycles. The van der Waals surface area contributed by atoms with Crippen LogP contribution in [0.25, 0.3) is 0 Å². The molecule has 0 spiro atoms. The average Bonchev–Trinajstić information content (AvgIpc) is 2.74. The Balaban J connectivity index is 2.07. The van der Waals surface area contributed by atoms with Crippen LogP contribution < -0.4 is 0 Å². The third-order valence-electron chi connectivity index (χ3n) is 3.68. The lowest BCUT2D eigenvalue weighted by Crippen LogP contribution is -2.57. The molecule has 1 N–H and O–H groups in total. The number of carbonyl (C=O) groups excluding carboxylic acids is 1. The van der Waals surface area contributed by atoms with Crippen molar-refractivity contribution in [2.75, 3.05) is 13.2 Å². The molecule has 0 radical (unpaired) electrons.